The lowest BCUT2D eigenvalue weighted by atomic mass is 10.1. The maximum Gasteiger partial charge on any atom is 0.328 e. The van der Waals surface area contributed by atoms with Crippen LogP contribution in [0.25, 0.3) is 6.08 Å². The van der Waals surface area contributed by atoms with Gasteiger partial charge in [0.05, 0.1) is 21.3 Å². The van der Waals surface area contributed by atoms with E-state index < -0.39 is 11.9 Å². The van der Waals surface area contributed by atoms with E-state index in [2.05, 4.69) is 53.5 Å². The van der Waals surface area contributed by atoms with Crippen LogP contribution in [0, 0.1) is 0 Å². The second-order valence-corrected chi connectivity index (χ2v) is 9.42. The number of ether oxygens (including phenoxy) is 3. The Morgan fingerprint density at radius 1 is 0.919 bits per heavy atom. The standard InChI is InChI=1S/C24H31NO3S.C4H4O4/c1-26-22-12-11-20(23(27-2)24(22)28-3)18-29-21-13-16-25(17-14-21)15-7-10-19-8-5-4-6-9-19;5-3(6)1-2-4(7)8/h4-12,21H,13-18H2,1-3H3;1-2H,(H,5,6)(H,7,8). The molecule has 1 heterocycles. The highest BCUT2D eigenvalue weighted by Gasteiger charge is 2.21. The fraction of sp³-hybridized carbons (Fsp3) is 0.357. The van der Waals surface area contributed by atoms with Crippen LogP contribution in [0.5, 0.6) is 17.2 Å². The Morgan fingerprint density at radius 3 is 2.08 bits per heavy atom. The molecule has 200 valence electrons. The third-order valence-corrected chi connectivity index (χ3v) is 7.06. The van der Waals surface area contributed by atoms with Crippen LogP contribution < -0.4 is 14.2 Å². The highest BCUT2D eigenvalue weighted by Crippen LogP contribution is 2.41. The van der Waals surface area contributed by atoms with E-state index in [1.54, 1.807) is 21.3 Å². The number of likely N-dealkylation sites (tertiary alicyclic amines) is 1. The molecule has 0 aliphatic carbocycles. The second kappa shape index (κ2) is 16.3. The topological polar surface area (TPSA) is 106 Å². The Labute approximate surface area is 222 Å². The number of carboxylic acid groups (broad SMARTS) is 2. The maximum absolute atomic E-state index is 9.55. The van der Waals surface area contributed by atoms with Gasteiger partial charge < -0.3 is 24.4 Å². The fourth-order valence-electron chi connectivity index (χ4n) is 3.79. The summed E-state index contributed by atoms with van der Waals surface area (Å²) in [6.45, 7) is 3.33. The molecule has 0 atom stereocenters. The van der Waals surface area contributed by atoms with E-state index in [4.69, 9.17) is 24.4 Å². The van der Waals surface area contributed by atoms with Crippen LogP contribution in [-0.4, -0.2) is 73.3 Å². The number of benzene rings is 2. The number of hydrogen-bond donors (Lipinski definition) is 2. The van der Waals surface area contributed by atoms with Crippen molar-refractivity contribution in [3.8, 4) is 17.2 Å². The Morgan fingerprint density at radius 2 is 1.54 bits per heavy atom. The average Bonchev–Trinajstić information content (AvgIpc) is 2.91. The summed E-state index contributed by atoms with van der Waals surface area (Å²) < 4.78 is 16.5. The van der Waals surface area contributed by atoms with Crippen molar-refractivity contribution in [3.63, 3.8) is 0 Å². The highest BCUT2D eigenvalue weighted by molar-refractivity contribution is 7.99. The van der Waals surface area contributed by atoms with Crippen molar-refractivity contribution >= 4 is 29.8 Å². The van der Waals surface area contributed by atoms with Gasteiger partial charge >= 0.3 is 11.9 Å². The van der Waals surface area contributed by atoms with Gasteiger partial charge in [-0.3, -0.25) is 4.90 Å². The van der Waals surface area contributed by atoms with Crippen molar-refractivity contribution in [2.24, 2.45) is 0 Å². The predicted octanol–water partition coefficient (Wildman–Crippen LogP) is 4.84. The van der Waals surface area contributed by atoms with Crippen LogP contribution in [0.3, 0.4) is 0 Å². The minimum atomic E-state index is -1.26. The summed E-state index contributed by atoms with van der Waals surface area (Å²) in [6.07, 6.45) is 8.05. The van der Waals surface area contributed by atoms with E-state index in [0.717, 1.165) is 36.7 Å². The molecule has 1 aliphatic heterocycles. The summed E-state index contributed by atoms with van der Waals surface area (Å²) in [5.74, 6) is 0.563. The molecule has 9 heteroatoms. The van der Waals surface area contributed by atoms with Gasteiger partial charge in [-0.1, -0.05) is 48.6 Å². The minimum Gasteiger partial charge on any atom is -0.493 e. The van der Waals surface area contributed by atoms with Crippen LogP contribution >= 0.6 is 11.8 Å². The largest absolute Gasteiger partial charge is 0.493 e. The third-order valence-electron chi connectivity index (χ3n) is 5.64. The number of methoxy groups -OCH3 is 3. The molecule has 8 nitrogen and oxygen atoms in total. The van der Waals surface area contributed by atoms with E-state index in [-0.39, 0.29) is 0 Å². The lowest BCUT2D eigenvalue weighted by molar-refractivity contribution is -0.134. The highest BCUT2D eigenvalue weighted by atomic mass is 32.2. The Hall–Kier alpha value is -3.43. The Bertz CT molecular complexity index is 1030. The molecule has 0 unspecified atom stereocenters. The van der Waals surface area contributed by atoms with Crippen molar-refractivity contribution in [2.75, 3.05) is 41.0 Å². The van der Waals surface area contributed by atoms with Gasteiger partial charge in [-0.25, -0.2) is 9.59 Å². The number of piperidine rings is 1. The lowest BCUT2D eigenvalue weighted by Gasteiger charge is -2.31. The first-order valence-corrected chi connectivity index (χ1v) is 12.9. The number of carboxylic acids is 2. The van der Waals surface area contributed by atoms with Gasteiger partial charge in [0.1, 0.15) is 0 Å². The molecular weight excluding hydrogens is 494 g/mol. The molecule has 1 aliphatic rings. The molecule has 0 radical (unpaired) electrons. The summed E-state index contributed by atoms with van der Waals surface area (Å²) >= 11 is 2.01. The van der Waals surface area contributed by atoms with Crippen molar-refractivity contribution < 1.29 is 34.0 Å². The van der Waals surface area contributed by atoms with Crippen LogP contribution in [0.15, 0.2) is 60.7 Å². The Balaban J connectivity index is 0.000000521. The smallest absolute Gasteiger partial charge is 0.328 e. The molecule has 0 spiro atoms. The van der Waals surface area contributed by atoms with Crippen LogP contribution in [0.1, 0.15) is 24.0 Å². The van der Waals surface area contributed by atoms with Crippen LogP contribution in [-0.2, 0) is 15.3 Å². The molecule has 2 aromatic rings. The zero-order valence-electron chi connectivity index (χ0n) is 21.5. The molecular formula is C28H35NO7S. The first-order valence-electron chi connectivity index (χ1n) is 11.8. The molecule has 0 aromatic heterocycles. The van der Waals surface area contributed by atoms with Gasteiger partial charge in [-0.2, -0.15) is 11.8 Å². The van der Waals surface area contributed by atoms with Crippen molar-refractivity contribution in [1.82, 2.24) is 4.90 Å². The lowest BCUT2D eigenvalue weighted by Crippen LogP contribution is -2.34. The van der Waals surface area contributed by atoms with Crippen molar-refractivity contribution in [3.05, 3.63) is 71.8 Å². The van der Waals surface area contributed by atoms with Gasteiger partial charge in [0, 0.05) is 35.3 Å². The Kier molecular flexibility index (Phi) is 13.2. The number of aliphatic carboxylic acids is 2. The SMILES string of the molecule is COc1ccc(CSC2CCN(CC=Cc3ccccc3)CC2)c(OC)c1OC.O=C(O)C=CC(=O)O. The zero-order chi connectivity index (χ0) is 27.0. The number of carbonyl (C=O) groups is 2. The summed E-state index contributed by atoms with van der Waals surface area (Å²) in [4.78, 5) is 21.6. The molecule has 1 fully saturated rings. The quantitative estimate of drug-likeness (QED) is 0.396. The summed E-state index contributed by atoms with van der Waals surface area (Å²) in [5.41, 5.74) is 2.42. The molecule has 0 amide bonds. The van der Waals surface area contributed by atoms with Gasteiger partial charge in [0.2, 0.25) is 5.75 Å². The molecule has 2 aromatic carbocycles. The average molecular weight is 530 g/mol. The predicted molar refractivity (Wildman–Crippen MR) is 147 cm³/mol. The zero-order valence-corrected chi connectivity index (χ0v) is 22.3. The van der Waals surface area contributed by atoms with Gasteiger partial charge in [0.15, 0.2) is 11.5 Å². The molecule has 0 saturated carbocycles. The summed E-state index contributed by atoms with van der Waals surface area (Å²) in [5, 5.41) is 16.3. The normalized spacial score (nSPS) is 14.2. The van der Waals surface area contributed by atoms with E-state index in [1.807, 2.05) is 17.8 Å². The first kappa shape index (κ1) is 29.8. The second-order valence-electron chi connectivity index (χ2n) is 8.13. The van der Waals surface area contributed by atoms with E-state index in [0.29, 0.717) is 28.9 Å². The molecule has 2 N–H and O–H groups in total. The monoisotopic (exact) mass is 529 g/mol. The van der Waals surface area contributed by atoms with E-state index >= 15 is 0 Å². The number of nitrogens with zero attached hydrogens (tertiary/aromatic N) is 1. The molecule has 1 saturated heterocycles. The third kappa shape index (κ3) is 10.6. The van der Waals surface area contributed by atoms with Crippen LogP contribution in [0.4, 0.5) is 0 Å². The number of hydrogen-bond acceptors (Lipinski definition) is 7. The van der Waals surface area contributed by atoms with E-state index in [9.17, 15) is 9.59 Å². The molecule has 37 heavy (non-hydrogen) atoms. The van der Waals surface area contributed by atoms with Crippen molar-refractivity contribution in [2.45, 2.75) is 23.8 Å². The molecule has 3 rings (SSSR count). The van der Waals surface area contributed by atoms with E-state index in [1.165, 1.54) is 18.4 Å². The summed E-state index contributed by atoms with van der Waals surface area (Å²) in [6, 6.07) is 14.5. The number of rotatable bonds is 11. The van der Waals surface area contributed by atoms with Crippen LogP contribution in [0.2, 0.25) is 0 Å². The maximum atomic E-state index is 9.55. The molecule has 0 bridgehead atoms. The van der Waals surface area contributed by atoms with Gasteiger partial charge in [-0.15, -0.1) is 0 Å². The fourth-order valence-corrected chi connectivity index (χ4v) is 4.97. The van der Waals surface area contributed by atoms with Crippen molar-refractivity contribution in [1.29, 1.82) is 0 Å². The minimum absolute atomic E-state index is 0.558. The number of thioether (sulfide) groups is 1. The van der Waals surface area contributed by atoms with Gasteiger partial charge in [-0.05, 0) is 37.6 Å². The summed E-state index contributed by atoms with van der Waals surface area (Å²) in [7, 11) is 4.99. The van der Waals surface area contributed by atoms with Gasteiger partial charge in [0.25, 0.3) is 0 Å². The first-order chi connectivity index (χ1) is 17.9.